The fourth-order valence-corrected chi connectivity index (χ4v) is 4.19. The van der Waals surface area contributed by atoms with Gasteiger partial charge in [-0.05, 0) is 36.8 Å². The molecule has 0 aromatic heterocycles. The number of carbonyl (C=O) groups is 2. The Kier molecular flexibility index (Phi) is 5.04. The van der Waals surface area contributed by atoms with E-state index < -0.39 is 16.0 Å². The van der Waals surface area contributed by atoms with Crippen molar-refractivity contribution in [3.8, 4) is 5.75 Å². The number of hydrogen-bond acceptors (Lipinski definition) is 5. The molecule has 2 N–H and O–H groups in total. The van der Waals surface area contributed by atoms with E-state index in [0.29, 0.717) is 25.1 Å². The normalized spacial score (nSPS) is 14.3. The van der Waals surface area contributed by atoms with E-state index in [1.54, 1.807) is 24.3 Å². The van der Waals surface area contributed by atoms with E-state index in [1.807, 2.05) is 0 Å². The van der Waals surface area contributed by atoms with Crippen LogP contribution >= 0.6 is 0 Å². The largest absolute Gasteiger partial charge is 0.495 e. The molecular weight excluding hydrogens is 372 g/mol. The molecular formula is C18H18N2O6S. The number of hydrogen-bond donors (Lipinski definition) is 2. The smallest absolute Gasteiger partial charge is 0.335 e. The summed E-state index contributed by atoms with van der Waals surface area (Å²) in [5.74, 6) is -1.31. The summed E-state index contributed by atoms with van der Waals surface area (Å²) in [6.45, 7) is 0.509. The Balaban J connectivity index is 2.02. The van der Waals surface area contributed by atoms with E-state index in [0.717, 1.165) is 6.07 Å². The molecule has 27 heavy (non-hydrogen) atoms. The van der Waals surface area contributed by atoms with Crippen LogP contribution in [0.1, 0.15) is 23.2 Å². The van der Waals surface area contributed by atoms with Gasteiger partial charge in [0.25, 0.3) is 10.0 Å². The molecule has 1 aliphatic heterocycles. The number of carboxylic acids is 1. The Hall–Kier alpha value is -3.07. The van der Waals surface area contributed by atoms with E-state index in [-0.39, 0.29) is 27.8 Å². The molecule has 1 heterocycles. The molecule has 0 saturated carbocycles. The van der Waals surface area contributed by atoms with Crippen LogP contribution in [-0.2, 0) is 14.8 Å². The zero-order chi connectivity index (χ0) is 19.6. The first kappa shape index (κ1) is 18.7. The molecule has 3 rings (SSSR count). The molecule has 2 aromatic rings. The maximum absolute atomic E-state index is 12.9. The third-order valence-corrected chi connectivity index (χ3v) is 5.60. The molecule has 2 aromatic carbocycles. The number of aromatic carboxylic acids is 1. The number of sulfonamides is 1. The average molecular weight is 390 g/mol. The Morgan fingerprint density at radius 2 is 1.96 bits per heavy atom. The van der Waals surface area contributed by atoms with Crippen molar-refractivity contribution in [2.45, 2.75) is 17.7 Å². The highest BCUT2D eigenvalue weighted by molar-refractivity contribution is 7.92. The fourth-order valence-electron chi connectivity index (χ4n) is 2.92. The lowest BCUT2D eigenvalue weighted by molar-refractivity contribution is -0.117. The molecule has 1 aliphatic rings. The predicted molar refractivity (Wildman–Crippen MR) is 98.8 cm³/mol. The average Bonchev–Trinajstić information content (AvgIpc) is 3.07. The number of amides is 1. The van der Waals surface area contributed by atoms with E-state index in [4.69, 9.17) is 9.84 Å². The molecule has 9 heteroatoms. The molecule has 0 atom stereocenters. The number of benzene rings is 2. The van der Waals surface area contributed by atoms with Gasteiger partial charge in [0.15, 0.2) is 0 Å². The Labute approximate surface area is 156 Å². The van der Waals surface area contributed by atoms with Gasteiger partial charge in [0.1, 0.15) is 10.6 Å². The highest BCUT2D eigenvalue weighted by Crippen LogP contribution is 2.33. The van der Waals surface area contributed by atoms with E-state index in [2.05, 4.69) is 4.72 Å². The first-order valence-electron chi connectivity index (χ1n) is 8.17. The number of ether oxygens (including phenoxy) is 1. The summed E-state index contributed by atoms with van der Waals surface area (Å²) in [5.41, 5.74) is 0.506. The minimum atomic E-state index is -4.16. The Bertz CT molecular complexity index is 1000. The molecule has 0 unspecified atom stereocenters. The number of para-hydroxylation sites is 2. The van der Waals surface area contributed by atoms with Crippen LogP contribution in [0.25, 0.3) is 0 Å². The number of methoxy groups -OCH3 is 1. The van der Waals surface area contributed by atoms with Gasteiger partial charge in [-0.25, -0.2) is 13.2 Å². The van der Waals surface area contributed by atoms with Crippen LogP contribution in [0.4, 0.5) is 11.4 Å². The van der Waals surface area contributed by atoms with Gasteiger partial charge < -0.3 is 14.7 Å². The Morgan fingerprint density at radius 3 is 2.59 bits per heavy atom. The summed E-state index contributed by atoms with van der Waals surface area (Å²) in [4.78, 5) is 24.5. The van der Waals surface area contributed by atoms with Crippen LogP contribution in [0.15, 0.2) is 47.4 Å². The van der Waals surface area contributed by atoms with Gasteiger partial charge in [0.2, 0.25) is 5.91 Å². The molecule has 0 spiro atoms. The van der Waals surface area contributed by atoms with Crippen molar-refractivity contribution >= 4 is 33.3 Å². The van der Waals surface area contributed by atoms with E-state index in [9.17, 15) is 18.0 Å². The maximum Gasteiger partial charge on any atom is 0.335 e. The molecule has 0 bridgehead atoms. The summed E-state index contributed by atoms with van der Waals surface area (Å²) < 4.78 is 33.4. The number of anilines is 2. The molecule has 0 radical (unpaired) electrons. The topological polar surface area (TPSA) is 113 Å². The van der Waals surface area contributed by atoms with Crippen molar-refractivity contribution in [1.82, 2.24) is 0 Å². The van der Waals surface area contributed by atoms with Gasteiger partial charge in [-0.1, -0.05) is 12.1 Å². The maximum atomic E-state index is 12.9. The third kappa shape index (κ3) is 3.72. The molecule has 0 aliphatic carbocycles. The van der Waals surface area contributed by atoms with Gasteiger partial charge in [-0.2, -0.15) is 0 Å². The lowest BCUT2D eigenvalue weighted by Crippen LogP contribution is -2.25. The summed E-state index contributed by atoms with van der Waals surface area (Å²) in [5, 5.41) is 9.14. The quantitative estimate of drug-likeness (QED) is 0.783. The third-order valence-electron chi connectivity index (χ3n) is 4.21. The van der Waals surface area contributed by atoms with Crippen LogP contribution in [0.2, 0.25) is 0 Å². The molecule has 1 fully saturated rings. The molecule has 1 saturated heterocycles. The van der Waals surface area contributed by atoms with Gasteiger partial charge in [0.05, 0.1) is 24.0 Å². The fraction of sp³-hybridized carbons (Fsp3) is 0.222. The lowest BCUT2D eigenvalue weighted by Gasteiger charge is -2.21. The second kappa shape index (κ2) is 7.28. The molecule has 142 valence electrons. The predicted octanol–water partition coefficient (Wildman–Crippen LogP) is 2.32. The lowest BCUT2D eigenvalue weighted by atomic mass is 10.2. The van der Waals surface area contributed by atoms with Crippen molar-refractivity contribution in [1.29, 1.82) is 0 Å². The van der Waals surface area contributed by atoms with Gasteiger partial charge in [-0.3, -0.25) is 9.52 Å². The number of rotatable bonds is 6. The van der Waals surface area contributed by atoms with Crippen LogP contribution < -0.4 is 14.4 Å². The standard InChI is InChI=1S/C18H18N2O6S/c1-26-15-9-8-12(18(22)23)11-16(15)27(24,25)19-13-5-2-3-6-14(13)20-10-4-7-17(20)21/h2-3,5-6,8-9,11,19H,4,7,10H2,1H3,(H,22,23). The summed E-state index contributed by atoms with van der Waals surface area (Å²) in [6.07, 6.45) is 1.12. The first-order valence-corrected chi connectivity index (χ1v) is 9.65. The molecule has 8 nitrogen and oxygen atoms in total. The minimum Gasteiger partial charge on any atom is -0.495 e. The zero-order valence-corrected chi connectivity index (χ0v) is 15.3. The monoisotopic (exact) mass is 390 g/mol. The Morgan fingerprint density at radius 1 is 1.22 bits per heavy atom. The van der Waals surface area contributed by atoms with Crippen molar-refractivity contribution in [2.24, 2.45) is 0 Å². The van der Waals surface area contributed by atoms with E-state index in [1.165, 1.54) is 24.1 Å². The second-order valence-electron chi connectivity index (χ2n) is 5.94. The van der Waals surface area contributed by atoms with Crippen molar-refractivity contribution in [3.63, 3.8) is 0 Å². The molecule has 1 amide bonds. The number of nitrogens with one attached hydrogen (secondary N) is 1. The van der Waals surface area contributed by atoms with Gasteiger partial charge in [-0.15, -0.1) is 0 Å². The van der Waals surface area contributed by atoms with Gasteiger partial charge in [0, 0.05) is 13.0 Å². The second-order valence-corrected chi connectivity index (χ2v) is 7.59. The summed E-state index contributed by atoms with van der Waals surface area (Å²) in [7, 11) is -2.86. The summed E-state index contributed by atoms with van der Waals surface area (Å²) in [6, 6.07) is 10.1. The van der Waals surface area contributed by atoms with E-state index >= 15 is 0 Å². The zero-order valence-electron chi connectivity index (χ0n) is 14.5. The van der Waals surface area contributed by atoms with Crippen LogP contribution in [0.3, 0.4) is 0 Å². The van der Waals surface area contributed by atoms with Crippen molar-refractivity contribution in [2.75, 3.05) is 23.3 Å². The van der Waals surface area contributed by atoms with Crippen molar-refractivity contribution in [3.05, 3.63) is 48.0 Å². The van der Waals surface area contributed by atoms with Crippen LogP contribution in [0.5, 0.6) is 5.75 Å². The number of carboxylic acid groups (broad SMARTS) is 1. The van der Waals surface area contributed by atoms with Gasteiger partial charge >= 0.3 is 5.97 Å². The van der Waals surface area contributed by atoms with Crippen LogP contribution in [0, 0.1) is 0 Å². The SMILES string of the molecule is COc1ccc(C(=O)O)cc1S(=O)(=O)Nc1ccccc1N1CCCC1=O. The minimum absolute atomic E-state index is 0.0160. The van der Waals surface area contributed by atoms with Crippen LogP contribution in [-0.4, -0.2) is 39.1 Å². The number of nitrogens with zero attached hydrogens (tertiary/aromatic N) is 1. The highest BCUT2D eigenvalue weighted by atomic mass is 32.2. The summed E-state index contributed by atoms with van der Waals surface area (Å²) >= 11 is 0. The highest BCUT2D eigenvalue weighted by Gasteiger charge is 2.27. The first-order chi connectivity index (χ1) is 12.8. The number of carbonyl (C=O) groups excluding carboxylic acids is 1. The van der Waals surface area contributed by atoms with Crippen molar-refractivity contribution < 1.29 is 27.9 Å².